The molecule has 9 nitrogen and oxygen atoms in total. The van der Waals surface area contributed by atoms with Gasteiger partial charge in [-0.3, -0.25) is 4.79 Å². The highest BCUT2D eigenvalue weighted by Crippen LogP contribution is 2.21. The smallest absolute Gasteiger partial charge is 0.344 e. The molecule has 0 radical (unpaired) electrons. The molecule has 10 heteroatoms. The third-order valence-electron chi connectivity index (χ3n) is 3.99. The minimum atomic E-state index is -3.56. The quantitative estimate of drug-likeness (QED) is 0.602. The summed E-state index contributed by atoms with van der Waals surface area (Å²) in [7, 11) is 1.16. The number of benzene rings is 1. The summed E-state index contributed by atoms with van der Waals surface area (Å²) in [5.41, 5.74) is 1.27. The number of aryl methyl sites for hydroxylation is 2. The van der Waals surface area contributed by atoms with Gasteiger partial charge in [0.05, 0.1) is 28.5 Å². The molecule has 1 aromatic carbocycles. The summed E-state index contributed by atoms with van der Waals surface area (Å²) in [5, 5.41) is 0. The van der Waals surface area contributed by atoms with Crippen molar-refractivity contribution in [3.8, 4) is 0 Å². The van der Waals surface area contributed by atoms with E-state index >= 15 is 0 Å². The van der Waals surface area contributed by atoms with E-state index in [9.17, 15) is 18.0 Å². The number of hydrogen-bond acceptors (Lipinski definition) is 7. The average molecular weight is 411 g/mol. The summed E-state index contributed by atoms with van der Waals surface area (Å²) in [4.78, 5) is 27.8. The molecule has 0 saturated carbocycles. The van der Waals surface area contributed by atoms with Gasteiger partial charge in [-0.15, -0.1) is 0 Å². The number of aromatic nitrogens is 2. The zero-order chi connectivity index (χ0) is 21.1. The topological polar surface area (TPSA) is 108 Å². The SMILES string of the molecule is CC(C)OC(=O)COC(=O)CCc1nc2cc(S(=O)(=O)N(C)C)ccc2n1C. The number of carbonyl (C=O) groups is 2. The molecular formula is C18H25N3O6S. The fourth-order valence-electron chi connectivity index (χ4n) is 2.55. The monoisotopic (exact) mass is 411 g/mol. The van der Waals surface area contributed by atoms with E-state index in [1.54, 1.807) is 31.5 Å². The molecule has 154 valence electrons. The van der Waals surface area contributed by atoms with Crippen molar-refractivity contribution in [2.45, 2.75) is 37.7 Å². The number of rotatable bonds is 8. The Morgan fingerprint density at radius 3 is 2.50 bits per heavy atom. The summed E-state index contributed by atoms with van der Waals surface area (Å²) in [6.45, 7) is 2.99. The van der Waals surface area contributed by atoms with Gasteiger partial charge in [0.15, 0.2) is 6.61 Å². The lowest BCUT2D eigenvalue weighted by Gasteiger charge is -2.10. The molecule has 0 aliphatic heterocycles. The number of carbonyl (C=O) groups excluding carboxylic acids is 2. The van der Waals surface area contributed by atoms with Crippen molar-refractivity contribution in [3.63, 3.8) is 0 Å². The molecule has 28 heavy (non-hydrogen) atoms. The highest BCUT2D eigenvalue weighted by molar-refractivity contribution is 7.89. The van der Waals surface area contributed by atoms with E-state index in [0.717, 1.165) is 9.82 Å². The number of imidazole rings is 1. The van der Waals surface area contributed by atoms with Gasteiger partial charge in [0.1, 0.15) is 5.82 Å². The molecule has 0 fully saturated rings. The van der Waals surface area contributed by atoms with Crippen LogP contribution in [0.2, 0.25) is 0 Å². The summed E-state index contributed by atoms with van der Waals surface area (Å²) in [6.07, 6.45) is 0.0564. The van der Waals surface area contributed by atoms with Gasteiger partial charge in [0.2, 0.25) is 10.0 Å². The second kappa shape index (κ2) is 8.70. The van der Waals surface area contributed by atoms with E-state index in [4.69, 9.17) is 9.47 Å². The molecule has 1 heterocycles. The first-order valence-electron chi connectivity index (χ1n) is 8.75. The summed E-state index contributed by atoms with van der Waals surface area (Å²) in [5.74, 6) is -0.527. The molecule has 0 spiro atoms. The number of esters is 2. The zero-order valence-corrected chi connectivity index (χ0v) is 17.4. The van der Waals surface area contributed by atoms with E-state index in [-0.39, 0.29) is 17.4 Å². The second-order valence-corrected chi connectivity index (χ2v) is 8.88. The Balaban J connectivity index is 2.06. The van der Waals surface area contributed by atoms with E-state index in [0.29, 0.717) is 17.8 Å². The first-order chi connectivity index (χ1) is 13.0. The number of sulfonamides is 1. The van der Waals surface area contributed by atoms with E-state index < -0.39 is 28.6 Å². The molecule has 2 rings (SSSR count). The van der Waals surface area contributed by atoms with Crippen LogP contribution in [0.5, 0.6) is 0 Å². The average Bonchev–Trinajstić information content (AvgIpc) is 2.93. The summed E-state index contributed by atoms with van der Waals surface area (Å²) in [6, 6.07) is 4.72. The van der Waals surface area contributed by atoms with Crippen molar-refractivity contribution < 1.29 is 27.5 Å². The van der Waals surface area contributed by atoms with Crippen molar-refractivity contribution in [2.24, 2.45) is 7.05 Å². The van der Waals surface area contributed by atoms with Gasteiger partial charge in [-0.05, 0) is 32.0 Å². The maximum atomic E-state index is 12.3. The van der Waals surface area contributed by atoms with E-state index in [1.807, 2.05) is 0 Å². The van der Waals surface area contributed by atoms with Crippen LogP contribution in [-0.4, -0.2) is 61.0 Å². The molecule has 1 aromatic heterocycles. The molecule has 0 aliphatic rings. The Bertz CT molecular complexity index is 979. The van der Waals surface area contributed by atoms with Gasteiger partial charge in [-0.25, -0.2) is 22.5 Å². The highest BCUT2D eigenvalue weighted by atomic mass is 32.2. The molecule has 0 N–H and O–H groups in total. The Morgan fingerprint density at radius 2 is 1.89 bits per heavy atom. The standard InChI is InChI=1S/C18H25N3O6S/c1-12(2)27-18(23)11-26-17(22)9-8-16-19-14-10-13(28(24,25)20(3)4)6-7-15(14)21(16)5/h6-7,10,12H,8-9,11H2,1-5H3. The van der Waals surface area contributed by atoms with Crippen LogP contribution >= 0.6 is 0 Å². The number of hydrogen-bond donors (Lipinski definition) is 0. The molecule has 0 amide bonds. The minimum Gasteiger partial charge on any atom is -0.460 e. The van der Waals surface area contributed by atoms with Crippen molar-refractivity contribution in [2.75, 3.05) is 20.7 Å². The predicted molar refractivity (Wildman–Crippen MR) is 102 cm³/mol. The van der Waals surface area contributed by atoms with Gasteiger partial charge < -0.3 is 14.0 Å². The largest absolute Gasteiger partial charge is 0.460 e. The van der Waals surface area contributed by atoms with Crippen LogP contribution in [-0.2, 0) is 42.6 Å². The van der Waals surface area contributed by atoms with Crippen molar-refractivity contribution in [1.29, 1.82) is 0 Å². The Kier molecular flexibility index (Phi) is 6.78. The second-order valence-electron chi connectivity index (χ2n) is 6.72. The molecular weight excluding hydrogens is 386 g/mol. The fourth-order valence-corrected chi connectivity index (χ4v) is 3.47. The van der Waals surface area contributed by atoms with Crippen LogP contribution in [0, 0.1) is 0 Å². The fraction of sp³-hybridized carbons (Fsp3) is 0.500. The number of ether oxygens (including phenoxy) is 2. The van der Waals surface area contributed by atoms with Crippen LogP contribution in [0.3, 0.4) is 0 Å². The van der Waals surface area contributed by atoms with Crippen molar-refractivity contribution in [1.82, 2.24) is 13.9 Å². The lowest BCUT2D eigenvalue weighted by molar-refractivity contribution is -0.161. The van der Waals surface area contributed by atoms with Crippen molar-refractivity contribution >= 4 is 33.0 Å². The van der Waals surface area contributed by atoms with Crippen LogP contribution in [0.1, 0.15) is 26.1 Å². The van der Waals surface area contributed by atoms with Gasteiger partial charge in [0, 0.05) is 27.6 Å². The first kappa shape index (κ1) is 21.8. The van der Waals surface area contributed by atoms with Crippen LogP contribution < -0.4 is 0 Å². The zero-order valence-electron chi connectivity index (χ0n) is 16.6. The first-order valence-corrected chi connectivity index (χ1v) is 10.2. The predicted octanol–water partition coefficient (Wildman–Crippen LogP) is 1.25. The molecule has 0 aliphatic carbocycles. The Morgan fingerprint density at radius 1 is 1.21 bits per heavy atom. The van der Waals surface area contributed by atoms with Crippen molar-refractivity contribution in [3.05, 3.63) is 24.0 Å². The molecule has 0 atom stereocenters. The lowest BCUT2D eigenvalue weighted by Crippen LogP contribution is -2.22. The van der Waals surface area contributed by atoms with Gasteiger partial charge in [-0.2, -0.15) is 0 Å². The highest BCUT2D eigenvalue weighted by Gasteiger charge is 2.19. The minimum absolute atomic E-state index is 0.0367. The van der Waals surface area contributed by atoms with Gasteiger partial charge in [0.25, 0.3) is 0 Å². The van der Waals surface area contributed by atoms with Crippen LogP contribution in [0.25, 0.3) is 11.0 Å². The number of nitrogens with zero attached hydrogens (tertiary/aromatic N) is 3. The van der Waals surface area contributed by atoms with E-state index in [2.05, 4.69) is 4.98 Å². The lowest BCUT2D eigenvalue weighted by atomic mass is 10.3. The molecule has 0 bridgehead atoms. The van der Waals surface area contributed by atoms with Gasteiger partial charge >= 0.3 is 11.9 Å². The van der Waals surface area contributed by atoms with E-state index in [1.165, 1.54) is 26.2 Å². The normalized spacial score (nSPS) is 12.0. The Hall–Kier alpha value is -2.46. The summed E-state index contributed by atoms with van der Waals surface area (Å²) >= 11 is 0. The number of fused-ring (bicyclic) bond motifs is 1. The molecule has 0 saturated heterocycles. The molecule has 2 aromatic rings. The third kappa shape index (κ3) is 5.08. The summed E-state index contributed by atoms with van der Waals surface area (Å²) < 4.78 is 37.3. The van der Waals surface area contributed by atoms with Crippen LogP contribution in [0.15, 0.2) is 23.1 Å². The maximum Gasteiger partial charge on any atom is 0.344 e. The third-order valence-corrected chi connectivity index (χ3v) is 5.81. The molecule has 0 unspecified atom stereocenters. The van der Waals surface area contributed by atoms with Crippen LogP contribution in [0.4, 0.5) is 0 Å². The Labute approximate surface area is 164 Å². The maximum absolute atomic E-state index is 12.3. The van der Waals surface area contributed by atoms with Gasteiger partial charge in [-0.1, -0.05) is 0 Å².